The predicted molar refractivity (Wildman–Crippen MR) is 69.4 cm³/mol. The number of halogens is 4. The van der Waals surface area contributed by atoms with E-state index in [1.807, 2.05) is 0 Å². The van der Waals surface area contributed by atoms with Gasteiger partial charge in [-0.3, -0.25) is 0 Å². The second kappa shape index (κ2) is 6.69. The Morgan fingerprint density at radius 2 is 1.62 bits per heavy atom. The lowest BCUT2D eigenvalue weighted by Gasteiger charge is -2.13. The molecule has 0 fully saturated rings. The maximum absolute atomic E-state index is 13.4. The lowest BCUT2D eigenvalue weighted by Crippen LogP contribution is -2.21. The van der Waals surface area contributed by atoms with Gasteiger partial charge in [0, 0.05) is 18.7 Å². The second-order valence-electron chi connectivity index (χ2n) is 4.56. The molecule has 21 heavy (non-hydrogen) atoms. The molecular formula is C15H13F4NO. The maximum atomic E-state index is 13.4. The van der Waals surface area contributed by atoms with Crippen LogP contribution in [-0.2, 0) is 6.54 Å². The first-order valence-corrected chi connectivity index (χ1v) is 6.25. The van der Waals surface area contributed by atoms with Crippen LogP contribution in [0.2, 0.25) is 0 Å². The molecule has 0 saturated heterocycles. The molecule has 0 amide bonds. The van der Waals surface area contributed by atoms with Crippen molar-refractivity contribution < 1.29 is 22.7 Å². The standard InChI is InChI=1S/C15H13F4NO/c16-11-2-4-12(17)10(5-11)7-20-8-15(21)9-1-3-13(18)14(19)6-9/h1-6,15,20-21H,7-8H2. The SMILES string of the molecule is OC(CNCc1cc(F)ccc1F)c1ccc(F)c(F)c1. The van der Waals surface area contributed by atoms with E-state index in [1.54, 1.807) is 0 Å². The number of benzene rings is 2. The Morgan fingerprint density at radius 1 is 0.905 bits per heavy atom. The molecule has 2 rings (SSSR count). The zero-order chi connectivity index (χ0) is 15.4. The number of aliphatic hydroxyl groups excluding tert-OH is 1. The first kappa shape index (κ1) is 15.5. The second-order valence-corrected chi connectivity index (χ2v) is 4.56. The molecule has 2 aromatic carbocycles. The van der Waals surface area contributed by atoms with Gasteiger partial charge in [-0.2, -0.15) is 0 Å². The molecule has 0 aromatic heterocycles. The van der Waals surface area contributed by atoms with Crippen molar-refractivity contribution >= 4 is 0 Å². The summed E-state index contributed by atoms with van der Waals surface area (Å²) in [6, 6.07) is 6.14. The van der Waals surface area contributed by atoms with Gasteiger partial charge >= 0.3 is 0 Å². The number of nitrogens with one attached hydrogen (secondary N) is 1. The normalized spacial score (nSPS) is 12.4. The molecule has 2 aromatic rings. The van der Waals surface area contributed by atoms with Gasteiger partial charge in [0.05, 0.1) is 6.10 Å². The van der Waals surface area contributed by atoms with Crippen molar-refractivity contribution in [3.05, 3.63) is 70.8 Å². The van der Waals surface area contributed by atoms with E-state index >= 15 is 0 Å². The van der Waals surface area contributed by atoms with Crippen molar-refractivity contribution in [1.82, 2.24) is 5.32 Å². The highest BCUT2D eigenvalue weighted by Crippen LogP contribution is 2.16. The van der Waals surface area contributed by atoms with E-state index in [0.29, 0.717) is 0 Å². The fourth-order valence-corrected chi connectivity index (χ4v) is 1.86. The number of hydrogen-bond donors (Lipinski definition) is 2. The first-order chi connectivity index (χ1) is 9.97. The van der Waals surface area contributed by atoms with Gasteiger partial charge in [-0.25, -0.2) is 17.6 Å². The van der Waals surface area contributed by atoms with Crippen molar-refractivity contribution in [2.24, 2.45) is 0 Å². The predicted octanol–water partition coefficient (Wildman–Crippen LogP) is 3.07. The molecule has 0 heterocycles. The van der Waals surface area contributed by atoms with E-state index in [1.165, 1.54) is 6.07 Å². The Labute approximate surface area is 119 Å². The Bertz CT molecular complexity index is 633. The van der Waals surface area contributed by atoms with Crippen LogP contribution in [0.4, 0.5) is 17.6 Å². The molecule has 0 spiro atoms. The van der Waals surface area contributed by atoms with Gasteiger partial charge in [0.15, 0.2) is 11.6 Å². The van der Waals surface area contributed by atoms with E-state index in [4.69, 9.17) is 0 Å². The highest BCUT2D eigenvalue weighted by molar-refractivity contribution is 5.21. The zero-order valence-electron chi connectivity index (χ0n) is 10.9. The van der Waals surface area contributed by atoms with Gasteiger partial charge in [-0.15, -0.1) is 0 Å². The van der Waals surface area contributed by atoms with Crippen LogP contribution in [0.25, 0.3) is 0 Å². The highest BCUT2D eigenvalue weighted by Gasteiger charge is 2.11. The molecule has 0 aliphatic carbocycles. The minimum absolute atomic E-state index is 0.00430. The van der Waals surface area contributed by atoms with Crippen LogP contribution in [0, 0.1) is 23.3 Å². The summed E-state index contributed by atoms with van der Waals surface area (Å²) in [5, 5.41) is 12.5. The molecule has 2 N–H and O–H groups in total. The quantitative estimate of drug-likeness (QED) is 0.832. The lowest BCUT2D eigenvalue weighted by molar-refractivity contribution is 0.173. The average Bonchev–Trinajstić information content (AvgIpc) is 2.45. The van der Waals surface area contributed by atoms with Crippen molar-refractivity contribution in [1.29, 1.82) is 0 Å². The van der Waals surface area contributed by atoms with E-state index in [0.717, 1.165) is 30.3 Å². The smallest absolute Gasteiger partial charge is 0.159 e. The Balaban J connectivity index is 1.93. The summed E-state index contributed by atoms with van der Waals surface area (Å²) >= 11 is 0. The molecule has 2 nitrogen and oxygen atoms in total. The highest BCUT2D eigenvalue weighted by atomic mass is 19.2. The number of rotatable bonds is 5. The minimum atomic E-state index is -1.09. The van der Waals surface area contributed by atoms with Gasteiger partial charge in [0.1, 0.15) is 11.6 Å². The van der Waals surface area contributed by atoms with Gasteiger partial charge in [-0.1, -0.05) is 6.07 Å². The summed E-state index contributed by atoms with van der Waals surface area (Å²) in [5.41, 5.74) is 0.314. The molecule has 1 unspecified atom stereocenters. The van der Waals surface area contributed by atoms with Crippen LogP contribution >= 0.6 is 0 Å². The molecule has 0 bridgehead atoms. The average molecular weight is 299 g/mol. The summed E-state index contributed by atoms with van der Waals surface area (Å²) in [6.45, 7) is -0.00858. The fraction of sp³-hybridized carbons (Fsp3) is 0.200. The van der Waals surface area contributed by atoms with E-state index in [2.05, 4.69) is 5.32 Å². The molecule has 0 aliphatic rings. The van der Waals surface area contributed by atoms with Crippen molar-refractivity contribution in [3.8, 4) is 0 Å². The van der Waals surface area contributed by atoms with Crippen LogP contribution in [-0.4, -0.2) is 11.7 Å². The van der Waals surface area contributed by atoms with Crippen LogP contribution in [0.3, 0.4) is 0 Å². The monoisotopic (exact) mass is 299 g/mol. The minimum Gasteiger partial charge on any atom is -0.387 e. The lowest BCUT2D eigenvalue weighted by atomic mass is 10.1. The van der Waals surface area contributed by atoms with Crippen molar-refractivity contribution in [2.75, 3.05) is 6.54 Å². The maximum Gasteiger partial charge on any atom is 0.159 e. The van der Waals surface area contributed by atoms with Crippen molar-refractivity contribution in [3.63, 3.8) is 0 Å². The summed E-state index contributed by atoms with van der Waals surface area (Å²) in [4.78, 5) is 0. The molecule has 0 radical (unpaired) electrons. The van der Waals surface area contributed by atoms with E-state index < -0.39 is 29.4 Å². The molecular weight excluding hydrogens is 286 g/mol. The molecule has 112 valence electrons. The van der Waals surface area contributed by atoms with Crippen LogP contribution in [0.5, 0.6) is 0 Å². The van der Waals surface area contributed by atoms with E-state index in [-0.39, 0.29) is 24.2 Å². The molecule has 6 heteroatoms. The Hall–Kier alpha value is -1.92. The molecule has 1 atom stereocenters. The van der Waals surface area contributed by atoms with Gasteiger partial charge in [-0.05, 0) is 35.9 Å². The zero-order valence-corrected chi connectivity index (χ0v) is 10.9. The third kappa shape index (κ3) is 4.03. The third-order valence-corrected chi connectivity index (χ3v) is 2.99. The summed E-state index contributed by atoms with van der Waals surface area (Å²) < 4.78 is 52.1. The van der Waals surface area contributed by atoms with Gasteiger partial charge in [0.25, 0.3) is 0 Å². The van der Waals surface area contributed by atoms with Crippen molar-refractivity contribution in [2.45, 2.75) is 12.6 Å². The third-order valence-electron chi connectivity index (χ3n) is 2.99. The summed E-state index contributed by atoms with van der Waals surface area (Å²) in [6.07, 6.45) is -1.09. The number of hydrogen-bond acceptors (Lipinski definition) is 2. The Morgan fingerprint density at radius 3 is 2.33 bits per heavy atom. The Kier molecular flexibility index (Phi) is 4.93. The van der Waals surface area contributed by atoms with Gasteiger partial charge in [0.2, 0.25) is 0 Å². The largest absolute Gasteiger partial charge is 0.387 e. The topological polar surface area (TPSA) is 32.3 Å². The summed E-state index contributed by atoms with van der Waals surface area (Å²) in [7, 11) is 0. The summed E-state index contributed by atoms with van der Waals surface area (Å²) in [5.74, 6) is -3.18. The molecule has 0 saturated carbocycles. The van der Waals surface area contributed by atoms with Crippen LogP contribution < -0.4 is 5.32 Å². The van der Waals surface area contributed by atoms with E-state index in [9.17, 15) is 22.7 Å². The van der Waals surface area contributed by atoms with Gasteiger partial charge < -0.3 is 10.4 Å². The first-order valence-electron chi connectivity index (χ1n) is 6.25. The van der Waals surface area contributed by atoms with Crippen LogP contribution in [0.15, 0.2) is 36.4 Å². The molecule has 0 aliphatic heterocycles. The number of aliphatic hydroxyl groups is 1. The fourth-order valence-electron chi connectivity index (χ4n) is 1.86. The van der Waals surface area contributed by atoms with Crippen LogP contribution in [0.1, 0.15) is 17.2 Å².